The Morgan fingerprint density at radius 1 is 1.39 bits per heavy atom. The van der Waals surface area contributed by atoms with Gasteiger partial charge >= 0.3 is 0 Å². The Balaban J connectivity index is 2.06. The van der Waals surface area contributed by atoms with E-state index < -0.39 is 0 Å². The number of rotatable bonds is 3. The molecule has 0 atom stereocenters. The summed E-state index contributed by atoms with van der Waals surface area (Å²) in [5.41, 5.74) is 8.47. The van der Waals surface area contributed by atoms with E-state index in [0.29, 0.717) is 0 Å². The van der Waals surface area contributed by atoms with Gasteiger partial charge < -0.3 is 5.73 Å². The zero-order valence-electron chi connectivity index (χ0n) is 10.2. The van der Waals surface area contributed by atoms with E-state index in [1.807, 2.05) is 12.1 Å². The van der Waals surface area contributed by atoms with Gasteiger partial charge in [0.05, 0.1) is 5.69 Å². The molecule has 2 N–H and O–H groups in total. The summed E-state index contributed by atoms with van der Waals surface area (Å²) in [5.74, 6) is 0. The molecular weight excluding hydrogens is 308 g/mol. The molecule has 1 aliphatic carbocycles. The van der Waals surface area contributed by atoms with Crippen molar-refractivity contribution in [2.75, 3.05) is 6.54 Å². The van der Waals surface area contributed by atoms with Crippen molar-refractivity contribution >= 4 is 27.3 Å². The zero-order valence-corrected chi connectivity index (χ0v) is 12.6. The highest BCUT2D eigenvalue weighted by molar-refractivity contribution is 9.10. The van der Waals surface area contributed by atoms with E-state index in [9.17, 15) is 0 Å². The van der Waals surface area contributed by atoms with E-state index in [-0.39, 0.29) is 5.41 Å². The first-order chi connectivity index (χ1) is 8.66. The molecule has 2 nitrogen and oxygen atoms in total. The molecular formula is C14H15BrN2S. The highest BCUT2D eigenvalue weighted by atomic mass is 79.9. The maximum Gasteiger partial charge on any atom is 0.125 e. The molecule has 4 heteroatoms. The quantitative estimate of drug-likeness (QED) is 0.931. The molecule has 1 aromatic carbocycles. The first kappa shape index (κ1) is 12.3. The minimum Gasteiger partial charge on any atom is -0.330 e. The van der Waals surface area contributed by atoms with Crippen LogP contribution in [0, 0.1) is 6.92 Å². The van der Waals surface area contributed by atoms with Crippen molar-refractivity contribution in [1.29, 1.82) is 0 Å². The van der Waals surface area contributed by atoms with E-state index in [1.165, 1.54) is 23.3 Å². The van der Waals surface area contributed by atoms with Gasteiger partial charge in [0.1, 0.15) is 5.01 Å². The largest absolute Gasteiger partial charge is 0.330 e. The zero-order chi connectivity index (χ0) is 12.8. The SMILES string of the molecule is Cc1nc(-c2ccccc2Br)sc1C1(CN)CC1. The maximum atomic E-state index is 5.92. The Hall–Kier alpha value is -0.710. The van der Waals surface area contributed by atoms with Crippen LogP contribution in [-0.2, 0) is 5.41 Å². The fourth-order valence-corrected chi connectivity index (χ4v) is 4.28. The van der Waals surface area contributed by atoms with Gasteiger partial charge in [-0.05, 0) is 25.8 Å². The van der Waals surface area contributed by atoms with Gasteiger partial charge in [0.15, 0.2) is 0 Å². The van der Waals surface area contributed by atoms with Crippen molar-refractivity contribution in [3.8, 4) is 10.6 Å². The van der Waals surface area contributed by atoms with E-state index >= 15 is 0 Å². The van der Waals surface area contributed by atoms with Crippen LogP contribution in [0.3, 0.4) is 0 Å². The van der Waals surface area contributed by atoms with Crippen LogP contribution in [0.2, 0.25) is 0 Å². The normalized spacial score (nSPS) is 16.8. The number of aryl methyl sites for hydroxylation is 1. The lowest BCUT2D eigenvalue weighted by Crippen LogP contribution is -2.19. The number of aromatic nitrogens is 1. The van der Waals surface area contributed by atoms with Crippen molar-refractivity contribution in [3.05, 3.63) is 39.3 Å². The second-order valence-electron chi connectivity index (χ2n) is 4.90. The number of nitrogens with zero attached hydrogens (tertiary/aromatic N) is 1. The average Bonchev–Trinajstić information content (AvgIpc) is 3.07. The number of hydrogen-bond acceptors (Lipinski definition) is 3. The molecule has 0 spiro atoms. The molecule has 1 aliphatic rings. The summed E-state index contributed by atoms with van der Waals surface area (Å²) in [7, 11) is 0. The standard InChI is InChI=1S/C14H15BrN2S/c1-9-12(14(8-16)6-7-14)18-13(17-9)10-4-2-3-5-11(10)15/h2-5H,6-8,16H2,1H3. The molecule has 0 bridgehead atoms. The molecule has 18 heavy (non-hydrogen) atoms. The number of thiazole rings is 1. The lowest BCUT2D eigenvalue weighted by Gasteiger charge is -2.09. The van der Waals surface area contributed by atoms with Crippen molar-refractivity contribution in [3.63, 3.8) is 0 Å². The summed E-state index contributed by atoms with van der Waals surface area (Å²) in [5, 5.41) is 1.09. The molecule has 1 fully saturated rings. The molecule has 1 aromatic heterocycles. The van der Waals surface area contributed by atoms with Crippen LogP contribution in [0.5, 0.6) is 0 Å². The molecule has 2 aromatic rings. The third-order valence-corrected chi connectivity index (χ3v) is 5.76. The van der Waals surface area contributed by atoms with Crippen molar-refractivity contribution < 1.29 is 0 Å². The second kappa shape index (κ2) is 4.44. The van der Waals surface area contributed by atoms with Crippen LogP contribution in [0.15, 0.2) is 28.7 Å². The number of halogens is 1. The summed E-state index contributed by atoms with van der Waals surface area (Å²) >= 11 is 5.39. The van der Waals surface area contributed by atoms with Crippen LogP contribution < -0.4 is 5.73 Å². The first-order valence-corrected chi connectivity index (χ1v) is 7.70. The lowest BCUT2D eigenvalue weighted by molar-refractivity contribution is 0.712. The summed E-state index contributed by atoms with van der Waals surface area (Å²) in [6, 6.07) is 8.24. The molecule has 0 radical (unpaired) electrons. The van der Waals surface area contributed by atoms with Crippen LogP contribution in [0.1, 0.15) is 23.4 Å². The predicted molar refractivity (Wildman–Crippen MR) is 80.0 cm³/mol. The van der Waals surface area contributed by atoms with Crippen LogP contribution in [0.25, 0.3) is 10.6 Å². The molecule has 3 rings (SSSR count). The Morgan fingerprint density at radius 3 is 2.72 bits per heavy atom. The van der Waals surface area contributed by atoms with Crippen LogP contribution in [0.4, 0.5) is 0 Å². The van der Waals surface area contributed by atoms with Gasteiger partial charge in [0.2, 0.25) is 0 Å². The Bertz CT molecular complexity index is 587. The Labute approximate surface area is 119 Å². The first-order valence-electron chi connectivity index (χ1n) is 6.09. The highest BCUT2D eigenvalue weighted by Gasteiger charge is 2.45. The highest BCUT2D eigenvalue weighted by Crippen LogP contribution is 2.51. The van der Waals surface area contributed by atoms with Crippen molar-refractivity contribution in [2.24, 2.45) is 5.73 Å². The summed E-state index contributed by atoms with van der Waals surface area (Å²) in [4.78, 5) is 6.11. The summed E-state index contributed by atoms with van der Waals surface area (Å²) in [6.45, 7) is 2.84. The third-order valence-electron chi connectivity index (χ3n) is 3.63. The van der Waals surface area contributed by atoms with Gasteiger partial charge in [0, 0.05) is 26.9 Å². The second-order valence-corrected chi connectivity index (χ2v) is 6.75. The molecule has 0 amide bonds. The van der Waals surface area contributed by atoms with Gasteiger partial charge in [-0.3, -0.25) is 0 Å². The van der Waals surface area contributed by atoms with E-state index in [0.717, 1.165) is 21.7 Å². The molecule has 0 aliphatic heterocycles. The number of hydrogen-bond donors (Lipinski definition) is 1. The summed E-state index contributed by atoms with van der Waals surface area (Å²) < 4.78 is 1.10. The van der Waals surface area contributed by atoms with Gasteiger partial charge in [0.25, 0.3) is 0 Å². The number of benzene rings is 1. The monoisotopic (exact) mass is 322 g/mol. The van der Waals surface area contributed by atoms with Gasteiger partial charge in [-0.2, -0.15) is 0 Å². The van der Waals surface area contributed by atoms with E-state index in [1.54, 1.807) is 11.3 Å². The number of nitrogens with two attached hydrogens (primary N) is 1. The van der Waals surface area contributed by atoms with Gasteiger partial charge in [-0.15, -0.1) is 11.3 Å². The average molecular weight is 323 g/mol. The van der Waals surface area contributed by atoms with Gasteiger partial charge in [-0.25, -0.2) is 4.98 Å². The smallest absolute Gasteiger partial charge is 0.125 e. The van der Waals surface area contributed by atoms with Crippen molar-refractivity contribution in [1.82, 2.24) is 4.98 Å². The fourth-order valence-electron chi connectivity index (χ4n) is 2.31. The molecule has 94 valence electrons. The van der Waals surface area contributed by atoms with E-state index in [4.69, 9.17) is 10.7 Å². The van der Waals surface area contributed by atoms with Crippen LogP contribution in [-0.4, -0.2) is 11.5 Å². The summed E-state index contributed by atoms with van der Waals surface area (Å²) in [6.07, 6.45) is 2.42. The minimum absolute atomic E-state index is 0.237. The van der Waals surface area contributed by atoms with E-state index in [2.05, 4.69) is 35.0 Å². The van der Waals surface area contributed by atoms with Crippen molar-refractivity contribution in [2.45, 2.75) is 25.2 Å². The molecule has 1 heterocycles. The molecule has 0 saturated heterocycles. The fraction of sp³-hybridized carbons (Fsp3) is 0.357. The van der Waals surface area contributed by atoms with Crippen LogP contribution >= 0.6 is 27.3 Å². The Morgan fingerprint density at radius 2 is 2.11 bits per heavy atom. The topological polar surface area (TPSA) is 38.9 Å². The third kappa shape index (κ3) is 1.92. The molecule has 0 unspecified atom stereocenters. The van der Waals surface area contributed by atoms with Gasteiger partial charge in [-0.1, -0.05) is 34.1 Å². The predicted octanol–water partition coefficient (Wildman–Crippen LogP) is 3.87. The Kier molecular flexibility index (Phi) is 3.04. The maximum absolute atomic E-state index is 5.92. The molecule has 1 saturated carbocycles. The lowest BCUT2D eigenvalue weighted by atomic mass is 10.0. The minimum atomic E-state index is 0.237.